The highest BCUT2D eigenvalue weighted by Gasteiger charge is 2.15. The van der Waals surface area contributed by atoms with Crippen molar-refractivity contribution in [3.63, 3.8) is 0 Å². The number of aromatic nitrogens is 1. The first-order valence-electron chi connectivity index (χ1n) is 7.61. The Labute approximate surface area is 143 Å². The summed E-state index contributed by atoms with van der Waals surface area (Å²) < 4.78 is 0. The minimum atomic E-state index is -0.0970. The zero-order valence-corrected chi connectivity index (χ0v) is 13.6. The molecule has 0 aliphatic carbocycles. The molecule has 0 bridgehead atoms. The first kappa shape index (κ1) is 14.6. The van der Waals surface area contributed by atoms with E-state index in [1.165, 1.54) is 11.3 Å². The first-order chi connectivity index (χ1) is 11.8. The van der Waals surface area contributed by atoms with Crippen molar-refractivity contribution >= 4 is 33.8 Å². The molecule has 0 aliphatic rings. The van der Waals surface area contributed by atoms with Crippen LogP contribution in [0.4, 0.5) is 5.69 Å². The zero-order valence-electron chi connectivity index (χ0n) is 12.8. The molecule has 3 nitrogen and oxygen atoms in total. The van der Waals surface area contributed by atoms with Gasteiger partial charge in [-0.2, -0.15) is 0 Å². The van der Waals surface area contributed by atoms with Crippen LogP contribution >= 0.6 is 11.3 Å². The smallest absolute Gasteiger partial charge is 0.266 e. The Hall–Kier alpha value is -2.98. The molecular weight excluding hydrogens is 316 g/mol. The average Bonchev–Trinajstić information content (AvgIpc) is 3.13. The normalized spacial score (nSPS) is 10.7. The molecule has 2 aromatic heterocycles. The summed E-state index contributed by atoms with van der Waals surface area (Å²) in [6.45, 7) is 0. The lowest BCUT2D eigenvalue weighted by atomic mass is 10.1. The number of hydrogen-bond acceptors (Lipinski definition) is 3. The second kappa shape index (κ2) is 6.26. The molecular formula is C20H14N2OS. The van der Waals surface area contributed by atoms with Crippen LogP contribution in [0.15, 0.2) is 78.3 Å². The van der Waals surface area contributed by atoms with Crippen LogP contribution in [-0.2, 0) is 0 Å². The molecule has 4 aromatic rings. The van der Waals surface area contributed by atoms with Crippen LogP contribution in [0.3, 0.4) is 0 Å². The maximum Gasteiger partial charge on any atom is 0.266 e. The van der Waals surface area contributed by atoms with E-state index in [-0.39, 0.29) is 5.91 Å². The van der Waals surface area contributed by atoms with E-state index in [4.69, 9.17) is 0 Å². The standard InChI is InChI=1S/C20H14N2OS/c23-20(19-15(11-13-24-19)14-6-2-1-3-7-14)22-18-10-4-9-17-16(18)8-5-12-21-17/h1-13H,(H,22,23). The van der Waals surface area contributed by atoms with Crippen LogP contribution in [0.5, 0.6) is 0 Å². The van der Waals surface area contributed by atoms with Crippen molar-refractivity contribution in [2.75, 3.05) is 5.32 Å². The number of fused-ring (bicyclic) bond motifs is 1. The summed E-state index contributed by atoms with van der Waals surface area (Å²) in [4.78, 5) is 17.8. The Balaban J connectivity index is 1.70. The van der Waals surface area contributed by atoms with Crippen molar-refractivity contribution in [3.8, 4) is 11.1 Å². The lowest BCUT2D eigenvalue weighted by Crippen LogP contribution is -2.11. The third-order valence-corrected chi connectivity index (χ3v) is 4.76. The van der Waals surface area contributed by atoms with Crippen LogP contribution in [0.25, 0.3) is 22.0 Å². The van der Waals surface area contributed by atoms with Gasteiger partial charge in [0.05, 0.1) is 16.1 Å². The molecule has 1 N–H and O–H groups in total. The minimum absolute atomic E-state index is 0.0970. The molecule has 116 valence electrons. The molecule has 4 rings (SSSR count). The van der Waals surface area contributed by atoms with Crippen molar-refractivity contribution in [1.82, 2.24) is 4.98 Å². The minimum Gasteiger partial charge on any atom is -0.321 e. The largest absolute Gasteiger partial charge is 0.321 e. The number of rotatable bonds is 3. The van der Waals surface area contributed by atoms with Crippen LogP contribution in [-0.4, -0.2) is 10.9 Å². The number of anilines is 1. The fourth-order valence-electron chi connectivity index (χ4n) is 2.72. The SMILES string of the molecule is O=C(Nc1cccc2ncccc12)c1sccc1-c1ccccc1. The van der Waals surface area contributed by atoms with Gasteiger partial charge in [-0.15, -0.1) is 11.3 Å². The fraction of sp³-hybridized carbons (Fsp3) is 0. The average molecular weight is 330 g/mol. The molecule has 0 saturated heterocycles. The highest BCUT2D eigenvalue weighted by Crippen LogP contribution is 2.30. The Morgan fingerprint density at radius 1 is 0.917 bits per heavy atom. The van der Waals surface area contributed by atoms with Crippen molar-refractivity contribution in [2.24, 2.45) is 0 Å². The highest BCUT2D eigenvalue weighted by molar-refractivity contribution is 7.12. The molecule has 0 saturated carbocycles. The van der Waals surface area contributed by atoms with Crippen LogP contribution < -0.4 is 5.32 Å². The van der Waals surface area contributed by atoms with Crippen LogP contribution in [0, 0.1) is 0 Å². The Morgan fingerprint density at radius 3 is 2.67 bits per heavy atom. The molecule has 0 spiro atoms. The van der Waals surface area contributed by atoms with E-state index in [0.717, 1.165) is 27.7 Å². The third kappa shape index (κ3) is 2.68. The molecule has 1 amide bonds. The van der Waals surface area contributed by atoms with E-state index in [9.17, 15) is 4.79 Å². The van der Waals surface area contributed by atoms with Gasteiger partial charge in [0.2, 0.25) is 0 Å². The van der Waals surface area contributed by atoms with Crippen LogP contribution in [0.1, 0.15) is 9.67 Å². The third-order valence-electron chi connectivity index (χ3n) is 3.85. The number of hydrogen-bond donors (Lipinski definition) is 1. The number of pyridine rings is 1. The number of carbonyl (C=O) groups excluding carboxylic acids is 1. The molecule has 2 heterocycles. The Kier molecular flexibility index (Phi) is 3.81. The lowest BCUT2D eigenvalue weighted by Gasteiger charge is -2.09. The monoisotopic (exact) mass is 330 g/mol. The van der Waals surface area contributed by atoms with E-state index < -0.39 is 0 Å². The summed E-state index contributed by atoms with van der Waals surface area (Å²) in [5, 5.41) is 5.91. The van der Waals surface area contributed by atoms with Crippen molar-refractivity contribution < 1.29 is 4.79 Å². The number of carbonyl (C=O) groups is 1. The van der Waals surface area contributed by atoms with Gasteiger partial charge in [-0.3, -0.25) is 9.78 Å². The number of nitrogens with one attached hydrogen (secondary N) is 1. The molecule has 4 heteroatoms. The summed E-state index contributed by atoms with van der Waals surface area (Å²) in [7, 11) is 0. The van der Waals surface area contributed by atoms with Gasteiger partial charge >= 0.3 is 0 Å². The number of nitrogens with zero attached hydrogens (tertiary/aromatic N) is 1. The Morgan fingerprint density at radius 2 is 1.79 bits per heavy atom. The first-order valence-corrected chi connectivity index (χ1v) is 8.49. The predicted molar refractivity (Wildman–Crippen MR) is 99.5 cm³/mol. The van der Waals surface area contributed by atoms with E-state index in [0.29, 0.717) is 4.88 Å². The number of benzene rings is 2. The molecule has 0 radical (unpaired) electrons. The second-order valence-electron chi connectivity index (χ2n) is 5.36. The van der Waals surface area contributed by atoms with E-state index in [2.05, 4.69) is 10.3 Å². The van der Waals surface area contributed by atoms with Crippen molar-refractivity contribution in [1.29, 1.82) is 0 Å². The molecule has 0 atom stereocenters. The molecule has 24 heavy (non-hydrogen) atoms. The molecule has 0 fully saturated rings. The molecule has 0 aliphatic heterocycles. The predicted octanol–water partition coefficient (Wildman–Crippen LogP) is 5.22. The maximum absolute atomic E-state index is 12.8. The van der Waals surface area contributed by atoms with Gasteiger partial charge in [0.1, 0.15) is 0 Å². The van der Waals surface area contributed by atoms with Gasteiger partial charge in [-0.05, 0) is 41.3 Å². The zero-order chi connectivity index (χ0) is 16.4. The van der Waals surface area contributed by atoms with E-state index in [1.54, 1.807) is 6.20 Å². The molecule has 0 unspecified atom stereocenters. The van der Waals surface area contributed by atoms with Gasteiger partial charge in [-0.25, -0.2) is 0 Å². The van der Waals surface area contributed by atoms with E-state index >= 15 is 0 Å². The Bertz CT molecular complexity index is 1000. The lowest BCUT2D eigenvalue weighted by molar-refractivity contribution is 0.103. The summed E-state index contributed by atoms with van der Waals surface area (Å²) in [6, 6.07) is 21.5. The van der Waals surface area contributed by atoms with Crippen molar-refractivity contribution in [2.45, 2.75) is 0 Å². The fourth-order valence-corrected chi connectivity index (χ4v) is 3.53. The maximum atomic E-state index is 12.8. The van der Waals surface area contributed by atoms with Gasteiger partial charge in [0.15, 0.2) is 0 Å². The van der Waals surface area contributed by atoms with Crippen molar-refractivity contribution in [3.05, 3.63) is 83.2 Å². The molecule has 2 aromatic carbocycles. The van der Waals surface area contributed by atoms with E-state index in [1.807, 2.05) is 72.1 Å². The van der Waals surface area contributed by atoms with Crippen LogP contribution in [0.2, 0.25) is 0 Å². The summed E-state index contributed by atoms with van der Waals surface area (Å²) in [5.74, 6) is -0.0970. The summed E-state index contributed by atoms with van der Waals surface area (Å²) >= 11 is 1.45. The number of thiophene rings is 1. The second-order valence-corrected chi connectivity index (χ2v) is 6.28. The quantitative estimate of drug-likeness (QED) is 0.560. The summed E-state index contributed by atoms with van der Waals surface area (Å²) in [5.41, 5.74) is 3.64. The van der Waals surface area contributed by atoms with Gasteiger partial charge in [-0.1, -0.05) is 36.4 Å². The topological polar surface area (TPSA) is 42.0 Å². The highest BCUT2D eigenvalue weighted by atomic mass is 32.1. The summed E-state index contributed by atoms with van der Waals surface area (Å²) in [6.07, 6.45) is 1.75. The number of amides is 1. The van der Waals surface area contributed by atoms with Gasteiger partial charge in [0.25, 0.3) is 5.91 Å². The van der Waals surface area contributed by atoms with Gasteiger partial charge < -0.3 is 5.32 Å². The van der Waals surface area contributed by atoms with Gasteiger partial charge in [0, 0.05) is 17.1 Å².